The van der Waals surface area contributed by atoms with Crippen LogP contribution in [0.2, 0.25) is 0 Å². The molecule has 0 amide bonds. The summed E-state index contributed by atoms with van der Waals surface area (Å²) in [5.41, 5.74) is 5.47. The van der Waals surface area contributed by atoms with Gasteiger partial charge >= 0.3 is 0 Å². The van der Waals surface area contributed by atoms with Gasteiger partial charge in [0, 0.05) is 12.7 Å². The summed E-state index contributed by atoms with van der Waals surface area (Å²) in [6.45, 7) is 0.830. The van der Waals surface area contributed by atoms with E-state index in [0.29, 0.717) is 5.92 Å². The summed E-state index contributed by atoms with van der Waals surface area (Å²) in [6.07, 6.45) is 7.60. The zero-order valence-electron chi connectivity index (χ0n) is 9.06. The van der Waals surface area contributed by atoms with Gasteiger partial charge in [-0.2, -0.15) is 10.4 Å². The predicted molar refractivity (Wildman–Crippen MR) is 64.4 cm³/mol. The molecular weight excluding hydrogens is 268 g/mol. The molecule has 0 bridgehead atoms. The normalized spacial score (nSPS) is 29.2. The lowest BCUT2D eigenvalue weighted by Crippen LogP contribution is -2.42. The van der Waals surface area contributed by atoms with Gasteiger partial charge < -0.3 is 5.73 Å². The number of aryl methyl sites for hydroxylation is 1. The number of hydrogen-bond donors (Lipinski definition) is 1. The summed E-state index contributed by atoms with van der Waals surface area (Å²) < 4.78 is 2.87. The van der Waals surface area contributed by atoms with Gasteiger partial charge in [-0.15, -0.1) is 0 Å². The van der Waals surface area contributed by atoms with Crippen molar-refractivity contribution in [1.29, 1.82) is 5.26 Å². The lowest BCUT2D eigenvalue weighted by Gasteiger charge is -2.23. The third-order valence-corrected chi connectivity index (χ3v) is 3.80. The molecule has 1 fully saturated rings. The molecule has 0 saturated heterocycles. The molecular formula is C11H15BrN4. The van der Waals surface area contributed by atoms with Crippen LogP contribution < -0.4 is 5.73 Å². The fraction of sp³-hybridized carbons (Fsp3) is 0.636. The molecule has 0 aromatic carbocycles. The number of rotatable bonds is 3. The van der Waals surface area contributed by atoms with Crippen LogP contribution in [0.1, 0.15) is 25.7 Å². The van der Waals surface area contributed by atoms with Gasteiger partial charge in [0.2, 0.25) is 0 Å². The molecule has 2 rings (SSSR count). The van der Waals surface area contributed by atoms with Crippen LogP contribution in [0.25, 0.3) is 0 Å². The fourth-order valence-corrected chi connectivity index (χ4v) is 2.73. The molecule has 0 spiro atoms. The SMILES string of the molecule is N#CC1(N)CCCC1CCn1cc(Br)cn1. The second kappa shape index (κ2) is 4.56. The first-order valence-electron chi connectivity index (χ1n) is 5.52. The number of halogens is 1. The quantitative estimate of drug-likeness (QED) is 0.923. The molecule has 1 heterocycles. The maximum Gasteiger partial charge on any atom is 0.107 e. The molecule has 2 N–H and O–H groups in total. The minimum atomic E-state index is -0.607. The monoisotopic (exact) mass is 282 g/mol. The van der Waals surface area contributed by atoms with Crippen molar-refractivity contribution in [2.45, 2.75) is 37.8 Å². The highest BCUT2D eigenvalue weighted by Crippen LogP contribution is 2.35. The molecule has 4 nitrogen and oxygen atoms in total. The third kappa shape index (κ3) is 2.28. The van der Waals surface area contributed by atoms with E-state index in [1.54, 1.807) is 6.20 Å². The van der Waals surface area contributed by atoms with Crippen LogP contribution in [-0.2, 0) is 6.54 Å². The number of nitrogens with two attached hydrogens (primary N) is 1. The van der Waals surface area contributed by atoms with Crippen LogP contribution in [0.5, 0.6) is 0 Å². The van der Waals surface area contributed by atoms with Crippen LogP contribution in [0.3, 0.4) is 0 Å². The van der Waals surface area contributed by atoms with Gasteiger partial charge in [0.15, 0.2) is 0 Å². The predicted octanol–water partition coefficient (Wildman–Crippen LogP) is 2.06. The van der Waals surface area contributed by atoms with Gasteiger partial charge in [0.1, 0.15) is 5.54 Å². The lowest BCUT2D eigenvalue weighted by molar-refractivity contribution is 0.346. The maximum absolute atomic E-state index is 9.09. The Kier molecular flexibility index (Phi) is 3.31. The van der Waals surface area contributed by atoms with Gasteiger partial charge in [-0.25, -0.2) is 0 Å². The second-order valence-electron chi connectivity index (χ2n) is 4.45. The molecule has 16 heavy (non-hydrogen) atoms. The molecule has 1 saturated carbocycles. The van der Waals surface area contributed by atoms with Gasteiger partial charge in [-0.1, -0.05) is 6.42 Å². The highest BCUT2D eigenvalue weighted by atomic mass is 79.9. The van der Waals surface area contributed by atoms with Crippen molar-refractivity contribution in [3.63, 3.8) is 0 Å². The molecule has 86 valence electrons. The van der Waals surface area contributed by atoms with Crippen molar-refractivity contribution in [2.75, 3.05) is 0 Å². The zero-order chi connectivity index (χ0) is 11.6. The van der Waals surface area contributed by atoms with E-state index in [2.05, 4.69) is 27.1 Å². The molecule has 1 aliphatic rings. The van der Waals surface area contributed by atoms with Gasteiger partial charge in [-0.3, -0.25) is 4.68 Å². The molecule has 1 aromatic heterocycles. The summed E-state index contributed by atoms with van der Waals surface area (Å²) >= 11 is 3.36. The maximum atomic E-state index is 9.09. The first kappa shape index (κ1) is 11.6. The molecule has 1 aromatic rings. The van der Waals surface area contributed by atoms with E-state index >= 15 is 0 Å². The minimum absolute atomic E-state index is 0.306. The van der Waals surface area contributed by atoms with Crippen molar-refractivity contribution in [3.05, 3.63) is 16.9 Å². The molecule has 5 heteroatoms. The Morgan fingerprint density at radius 2 is 2.56 bits per heavy atom. The van der Waals surface area contributed by atoms with Crippen molar-refractivity contribution in [3.8, 4) is 6.07 Å². The largest absolute Gasteiger partial charge is 0.313 e. The number of hydrogen-bond acceptors (Lipinski definition) is 3. The Morgan fingerprint density at radius 1 is 1.75 bits per heavy atom. The van der Waals surface area contributed by atoms with Crippen molar-refractivity contribution < 1.29 is 0 Å². The average Bonchev–Trinajstić information content (AvgIpc) is 2.83. The number of aromatic nitrogens is 2. The van der Waals surface area contributed by atoms with Crippen LogP contribution in [0.15, 0.2) is 16.9 Å². The van der Waals surface area contributed by atoms with E-state index in [9.17, 15) is 0 Å². The third-order valence-electron chi connectivity index (χ3n) is 3.39. The zero-order valence-corrected chi connectivity index (χ0v) is 10.7. The van der Waals surface area contributed by atoms with Crippen molar-refractivity contribution >= 4 is 15.9 Å². The Bertz CT molecular complexity index is 408. The van der Waals surface area contributed by atoms with Crippen LogP contribution in [-0.4, -0.2) is 15.3 Å². The Morgan fingerprint density at radius 3 is 3.19 bits per heavy atom. The molecule has 0 radical (unpaired) electrons. The van der Waals surface area contributed by atoms with Crippen molar-refractivity contribution in [2.24, 2.45) is 11.7 Å². The van der Waals surface area contributed by atoms with E-state index in [1.165, 1.54) is 0 Å². The number of nitrogens with zero attached hydrogens (tertiary/aromatic N) is 3. The van der Waals surface area contributed by atoms with E-state index in [0.717, 1.165) is 36.7 Å². The van der Waals surface area contributed by atoms with E-state index in [-0.39, 0.29) is 0 Å². The standard InChI is InChI=1S/C11H15BrN4/c12-10-6-15-16(7-10)5-3-9-2-1-4-11(9,14)8-13/h6-7,9H,1-5,14H2. The Labute approximate surface area is 104 Å². The topological polar surface area (TPSA) is 67.6 Å². The Hall–Kier alpha value is -0.860. The molecule has 2 unspecified atom stereocenters. The summed E-state index contributed by atoms with van der Waals surface area (Å²) in [5, 5.41) is 13.3. The Balaban J connectivity index is 1.93. The van der Waals surface area contributed by atoms with Gasteiger partial charge in [0.05, 0.1) is 16.7 Å². The highest BCUT2D eigenvalue weighted by molar-refractivity contribution is 9.10. The summed E-state index contributed by atoms with van der Waals surface area (Å²) in [4.78, 5) is 0. The van der Waals surface area contributed by atoms with Crippen LogP contribution in [0.4, 0.5) is 0 Å². The second-order valence-corrected chi connectivity index (χ2v) is 5.37. The lowest BCUT2D eigenvalue weighted by atomic mass is 9.87. The van der Waals surface area contributed by atoms with E-state index < -0.39 is 5.54 Å². The minimum Gasteiger partial charge on any atom is -0.313 e. The van der Waals surface area contributed by atoms with Crippen LogP contribution in [0, 0.1) is 17.2 Å². The summed E-state index contributed by atoms with van der Waals surface area (Å²) in [7, 11) is 0. The molecule has 1 aliphatic carbocycles. The van der Waals surface area contributed by atoms with Gasteiger partial charge in [0.25, 0.3) is 0 Å². The fourth-order valence-electron chi connectivity index (χ4n) is 2.40. The highest BCUT2D eigenvalue weighted by Gasteiger charge is 2.39. The first-order valence-corrected chi connectivity index (χ1v) is 6.31. The van der Waals surface area contributed by atoms with E-state index in [4.69, 9.17) is 11.0 Å². The molecule has 2 atom stereocenters. The van der Waals surface area contributed by atoms with Crippen molar-refractivity contribution in [1.82, 2.24) is 9.78 Å². The summed E-state index contributed by atoms with van der Waals surface area (Å²) in [6, 6.07) is 2.27. The van der Waals surface area contributed by atoms with Gasteiger partial charge in [-0.05, 0) is 41.1 Å². The first-order chi connectivity index (χ1) is 7.64. The molecule has 0 aliphatic heterocycles. The van der Waals surface area contributed by atoms with E-state index in [1.807, 2.05) is 10.9 Å². The smallest absolute Gasteiger partial charge is 0.107 e. The number of nitriles is 1. The average molecular weight is 283 g/mol. The van der Waals surface area contributed by atoms with Crippen LogP contribution >= 0.6 is 15.9 Å². The summed E-state index contributed by atoms with van der Waals surface area (Å²) in [5.74, 6) is 0.306.